The number of aromatic nitrogens is 1. The zero-order chi connectivity index (χ0) is 20.6. The first-order valence-corrected chi connectivity index (χ1v) is 11.1. The van der Waals surface area contributed by atoms with Crippen molar-refractivity contribution in [3.05, 3.63) is 46.8 Å². The van der Waals surface area contributed by atoms with Crippen LogP contribution in [0.2, 0.25) is 0 Å². The summed E-state index contributed by atoms with van der Waals surface area (Å²) in [7, 11) is -0.539. The van der Waals surface area contributed by atoms with Gasteiger partial charge >= 0.3 is 0 Å². The number of hydrogen-bond acceptors (Lipinski definition) is 3. The molecular weight excluding hydrogens is 374 g/mol. The van der Waals surface area contributed by atoms with Crippen molar-refractivity contribution in [1.29, 1.82) is 0 Å². The molecule has 152 valence electrons. The van der Waals surface area contributed by atoms with E-state index in [2.05, 4.69) is 0 Å². The Morgan fingerprint density at radius 1 is 1.04 bits per heavy atom. The predicted octanol–water partition coefficient (Wildman–Crippen LogP) is 3.40. The van der Waals surface area contributed by atoms with Crippen LogP contribution in [0.3, 0.4) is 0 Å². The number of hydrogen-bond donors (Lipinski definition) is 0. The number of piperidine rings is 1. The molecule has 1 amide bonds. The van der Waals surface area contributed by atoms with Crippen LogP contribution in [0.5, 0.6) is 0 Å². The minimum atomic E-state index is -3.89. The number of anilines is 1. The van der Waals surface area contributed by atoms with Crippen molar-refractivity contribution < 1.29 is 13.2 Å². The number of benzene rings is 1. The molecule has 1 aliphatic heterocycles. The Morgan fingerprint density at radius 3 is 2.29 bits per heavy atom. The molecular formula is C21H29N3O3S. The summed E-state index contributed by atoms with van der Waals surface area (Å²) in [5.74, 6) is -0.183. The minimum Gasteiger partial charge on any atom is -0.350 e. The van der Waals surface area contributed by atoms with Crippen molar-refractivity contribution in [3.63, 3.8) is 0 Å². The number of likely N-dealkylation sites (tertiary alicyclic amines) is 1. The molecule has 0 atom stereocenters. The quantitative estimate of drug-likeness (QED) is 0.786. The van der Waals surface area contributed by atoms with Gasteiger partial charge < -0.3 is 9.47 Å². The Balaban J connectivity index is 2.12. The Morgan fingerprint density at radius 2 is 1.68 bits per heavy atom. The van der Waals surface area contributed by atoms with E-state index in [1.54, 1.807) is 29.5 Å². The maximum Gasteiger partial charge on any atom is 0.266 e. The number of carbonyl (C=O) groups excluding carboxylic acids is 1. The maximum atomic E-state index is 13.6. The second kappa shape index (κ2) is 7.62. The van der Waals surface area contributed by atoms with E-state index in [9.17, 15) is 13.2 Å². The fourth-order valence-electron chi connectivity index (χ4n) is 3.84. The molecule has 0 N–H and O–H groups in total. The van der Waals surface area contributed by atoms with Crippen molar-refractivity contribution >= 4 is 21.6 Å². The van der Waals surface area contributed by atoms with Gasteiger partial charge in [-0.1, -0.05) is 12.1 Å². The van der Waals surface area contributed by atoms with Gasteiger partial charge in [-0.15, -0.1) is 0 Å². The molecule has 0 unspecified atom stereocenters. The van der Waals surface area contributed by atoms with Crippen LogP contribution in [-0.2, 0) is 17.1 Å². The summed E-state index contributed by atoms with van der Waals surface area (Å²) >= 11 is 0. The number of carbonyl (C=O) groups is 1. The summed E-state index contributed by atoms with van der Waals surface area (Å²) < 4.78 is 30.2. The van der Waals surface area contributed by atoms with Gasteiger partial charge in [0.25, 0.3) is 15.9 Å². The van der Waals surface area contributed by atoms with Crippen molar-refractivity contribution in [3.8, 4) is 0 Å². The lowest BCUT2D eigenvalue weighted by Gasteiger charge is -2.28. The average molecular weight is 404 g/mol. The Kier molecular flexibility index (Phi) is 5.57. The fourth-order valence-corrected chi connectivity index (χ4v) is 5.51. The van der Waals surface area contributed by atoms with Gasteiger partial charge in [-0.2, -0.15) is 0 Å². The Labute approximate surface area is 167 Å². The van der Waals surface area contributed by atoms with Crippen LogP contribution < -0.4 is 4.31 Å². The summed E-state index contributed by atoms with van der Waals surface area (Å²) in [6.07, 6.45) is 3.03. The number of rotatable bonds is 4. The average Bonchev–Trinajstić information content (AvgIpc) is 2.92. The third-order valence-electron chi connectivity index (χ3n) is 5.76. The number of aryl methyl sites for hydroxylation is 1. The van der Waals surface area contributed by atoms with E-state index in [0.29, 0.717) is 35.7 Å². The third kappa shape index (κ3) is 3.43. The summed E-state index contributed by atoms with van der Waals surface area (Å²) in [6.45, 7) is 6.86. The minimum absolute atomic E-state index is 0.118. The Hall–Kier alpha value is -2.28. The predicted molar refractivity (Wildman–Crippen MR) is 111 cm³/mol. The van der Waals surface area contributed by atoms with E-state index in [1.807, 2.05) is 39.1 Å². The van der Waals surface area contributed by atoms with E-state index in [0.717, 1.165) is 24.8 Å². The second-order valence-corrected chi connectivity index (χ2v) is 9.50. The van der Waals surface area contributed by atoms with Crippen molar-refractivity contribution in [2.24, 2.45) is 7.05 Å². The molecule has 1 aromatic heterocycles. The summed E-state index contributed by atoms with van der Waals surface area (Å²) in [5, 5.41) is 0. The molecule has 0 bridgehead atoms. The largest absolute Gasteiger partial charge is 0.350 e. The van der Waals surface area contributed by atoms with Gasteiger partial charge in [0.05, 0.1) is 11.3 Å². The van der Waals surface area contributed by atoms with E-state index in [-0.39, 0.29) is 10.8 Å². The van der Waals surface area contributed by atoms with E-state index in [4.69, 9.17) is 0 Å². The van der Waals surface area contributed by atoms with Crippen LogP contribution in [0.25, 0.3) is 0 Å². The molecule has 0 radical (unpaired) electrons. The van der Waals surface area contributed by atoms with Crippen LogP contribution in [0.1, 0.15) is 46.6 Å². The monoisotopic (exact) mass is 403 g/mol. The molecule has 2 heterocycles. The fraction of sp³-hybridized carbons (Fsp3) is 0.476. The summed E-state index contributed by atoms with van der Waals surface area (Å²) in [5.41, 5.74) is 3.13. The highest BCUT2D eigenvalue weighted by Gasteiger charge is 2.35. The van der Waals surface area contributed by atoms with Crippen LogP contribution in [0, 0.1) is 20.8 Å². The van der Waals surface area contributed by atoms with Gasteiger partial charge in [0.2, 0.25) is 0 Å². The molecule has 1 fully saturated rings. The van der Waals surface area contributed by atoms with Gasteiger partial charge in [0.15, 0.2) is 0 Å². The lowest BCUT2D eigenvalue weighted by Crippen LogP contribution is -2.37. The van der Waals surface area contributed by atoms with Gasteiger partial charge in [0.1, 0.15) is 4.90 Å². The molecule has 1 aromatic carbocycles. The molecule has 6 nitrogen and oxygen atoms in total. The number of amides is 1. The highest BCUT2D eigenvalue weighted by atomic mass is 32.2. The first kappa shape index (κ1) is 20.5. The molecule has 28 heavy (non-hydrogen) atoms. The topological polar surface area (TPSA) is 62.6 Å². The van der Waals surface area contributed by atoms with Crippen molar-refractivity contribution in [1.82, 2.24) is 9.47 Å². The first-order valence-electron chi connectivity index (χ1n) is 9.67. The van der Waals surface area contributed by atoms with E-state index < -0.39 is 10.0 Å². The zero-order valence-corrected chi connectivity index (χ0v) is 18.1. The zero-order valence-electron chi connectivity index (χ0n) is 17.3. The smallest absolute Gasteiger partial charge is 0.266 e. The highest BCUT2D eigenvalue weighted by molar-refractivity contribution is 7.93. The first-order chi connectivity index (χ1) is 13.2. The third-order valence-corrected chi connectivity index (χ3v) is 7.71. The standard InChI is InChI=1S/C21H29N3O3S/c1-15-10-9-11-18(14-15)23(5)28(26,27)20-17(3)22(4)16(2)19(20)21(25)24-12-7-6-8-13-24/h9-11,14H,6-8,12-13H2,1-5H3. The van der Waals surface area contributed by atoms with Gasteiger partial charge in [-0.05, 0) is 57.7 Å². The molecule has 0 saturated carbocycles. The molecule has 1 aliphatic rings. The molecule has 0 aliphatic carbocycles. The van der Waals surface area contributed by atoms with Crippen LogP contribution in [-0.4, -0.2) is 43.9 Å². The molecule has 0 spiro atoms. The SMILES string of the molecule is Cc1cccc(N(C)S(=O)(=O)c2c(C(=O)N3CCCCC3)c(C)n(C)c2C)c1. The Bertz CT molecular complexity index is 1000. The molecule has 2 aromatic rings. The highest BCUT2D eigenvalue weighted by Crippen LogP contribution is 2.32. The van der Waals surface area contributed by atoms with Crippen molar-refractivity contribution in [2.75, 3.05) is 24.4 Å². The van der Waals surface area contributed by atoms with Crippen LogP contribution in [0.4, 0.5) is 5.69 Å². The lowest BCUT2D eigenvalue weighted by atomic mass is 10.1. The number of sulfonamides is 1. The van der Waals surface area contributed by atoms with Crippen LogP contribution in [0.15, 0.2) is 29.2 Å². The molecule has 7 heteroatoms. The van der Waals surface area contributed by atoms with Crippen molar-refractivity contribution in [2.45, 2.75) is 44.9 Å². The van der Waals surface area contributed by atoms with E-state index in [1.165, 1.54) is 4.31 Å². The maximum absolute atomic E-state index is 13.6. The van der Waals surface area contributed by atoms with Crippen LogP contribution >= 0.6 is 0 Å². The van der Waals surface area contributed by atoms with Gasteiger partial charge in [-0.25, -0.2) is 8.42 Å². The number of nitrogens with zero attached hydrogens (tertiary/aromatic N) is 3. The summed E-state index contributed by atoms with van der Waals surface area (Å²) in [6, 6.07) is 7.35. The normalized spacial score (nSPS) is 15.0. The lowest BCUT2D eigenvalue weighted by molar-refractivity contribution is 0.0720. The molecule has 1 saturated heterocycles. The van der Waals surface area contributed by atoms with Gasteiger partial charge in [-0.3, -0.25) is 9.10 Å². The summed E-state index contributed by atoms with van der Waals surface area (Å²) in [4.78, 5) is 15.2. The van der Waals surface area contributed by atoms with Gasteiger partial charge in [0, 0.05) is 38.6 Å². The molecule has 3 rings (SSSR count). The second-order valence-electron chi connectivity index (χ2n) is 7.60. The van der Waals surface area contributed by atoms with E-state index >= 15 is 0 Å².